The van der Waals surface area contributed by atoms with E-state index in [1.807, 2.05) is 0 Å². The fourth-order valence-electron chi connectivity index (χ4n) is 2.40. The lowest BCUT2D eigenvalue weighted by atomic mass is 10.0. The van der Waals surface area contributed by atoms with Crippen LogP contribution in [0.4, 0.5) is 5.82 Å². The van der Waals surface area contributed by atoms with Gasteiger partial charge in [-0.3, -0.25) is 0 Å². The molecule has 1 aromatic heterocycles. The van der Waals surface area contributed by atoms with E-state index in [0.717, 1.165) is 25.9 Å². The topological polar surface area (TPSA) is 86.1 Å². The molecule has 2 rings (SSSR count). The number of likely N-dealkylation sites (tertiary alicyclic amines) is 1. The molecule has 0 aromatic carbocycles. The molecule has 0 amide bonds. The van der Waals surface area contributed by atoms with Crippen molar-refractivity contribution in [2.24, 2.45) is 0 Å². The van der Waals surface area contributed by atoms with Gasteiger partial charge in [-0.05, 0) is 25.0 Å². The zero-order valence-electron chi connectivity index (χ0n) is 12.1. The van der Waals surface area contributed by atoms with Crippen molar-refractivity contribution in [3.63, 3.8) is 0 Å². The van der Waals surface area contributed by atoms with E-state index < -0.39 is 9.84 Å². The highest BCUT2D eigenvalue weighted by molar-refractivity contribution is 7.90. The Morgan fingerprint density at radius 3 is 2.81 bits per heavy atom. The number of sulfone groups is 1. The highest BCUT2D eigenvalue weighted by Gasteiger charge is 2.20. The molecular formula is C14H20N4O2S. The number of pyridine rings is 1. The molecule has 0 radical (unpaired) electrons. The lowest BCUT2D eigenvalue weighted by Crippen LogP contribution is -2.41. The Morgan fingerprint density at radius 2 is 2.19 bits per heavy atom. The first kappa shape index (κ1) is 15.7. The van der Waals surface area contributed by atoms with Crippen LogP contribution < -0.4 is 5.32 Å². The van der Waals surface area contributed by atoms with Crippen LogP contribution in [-0.4, -0.2) is 56.0 Å². The molecule has 0 atom stereocenters. The van der Waals surface area contributed by atoms with Crippen LogP contribution in [0, 0.1) is 11.3 Å². The van der Waals surface area contributed by atoms with Gasteiger partial charge in [-0.2, -0.15) is 5.26 Å². The number of anilines is 1. The summed E-state index contributed by atoms with van der Waals surface area (Å²) in [4.78, 5) is 6.37. The summed E-state index contributed by atoms with van der Waals surface area (Å²) < 4.78 is 22.3. The summed E-state index contributed by atoms with van der Waals surface area (Å²) in [5.41, 5.74) is 0.553. The second-order valence-electron chi connectivity index (χ2n) is 5.40. The molecule has 2 heterocycles. The quantitative estimate of drug-likeness (QED) is 0.869. The number of nitriles is 1. The zero-order valence-corrected chi connectivity index (χ0v) is 12.9. The predicted molar refractivity (Wildman–Crippen MR) is 81.7 cm³/mol. The zero-order chi connectivity index (χ0) is 15.3. The van der Waals surface area contributed by atoms with Crippen molar-refractivity contribution in [3.05, 3.63) is 23.9 Å². The molecule has 114 valence electrons. The molecule has 6 nitrogen and oxygen atoms in total. The minimum absolute atomic E-state index is 0.212. The third kappa shape index (κ3) is 4.99. The molecule has 1 saturated heterocycles. The average Bonchev–Trinajstić information content (AvgIpc) is 2.46. The van der Waals surface area contributed by atoms with Crippen molar-refractivity contribution in [2.75, 3.05) is 37.0 Å². The van der Waals surface area contributed by atoms with Crippen LogP contribution in [0.5, 0.6) is 0 Å². The normalized spacial score (nSPS) is 17.3. The monoisotopic (exact) mass is 308 g/mol. The smallest absolute Gasteiger partial charge is 0.148 e. The first-order chi connectivity index (χ1) is 9.98. The summed E-state index contributed by atoms with van der Waals surface area (Å²) in [6.45, 7) is 2.32. The molecule has 1 aliphatic heterocycles. The first-order valence-electron chi connectivity index (χ1n) is 6.99. The van der Waals surface area contributed by atoms with E-state index in [-0.39, 0.29) is 11.8 Å². The number of piperidine rings is 1. The van der Waals surface area contributed by atoms with E-state index in [4.69, 9.17) is 5.26 Å². The fraction of sp³-hybridized carbons (Fsp3) is 0.571. The van der Waals surface area contributed by atoms with Gasteiger partial charge in [-0.15, -0.1) is 0 Å². The Morgan fingerprint density at radius 1 is 1.48 bits per heavy atom. The summed E-state index contributed by atoms with van der Waals surface area (Å²) in [6, 6.07) is 5.90. The minimum Gasteiger partial charge on any atom is -0.366 e. The molecule has 7 heteroatoms. The van der Waals surface area contributed by atoms with Crippen molar-refractivity contribution in [1.29, 1.82) is 5.26 Å². The molecule has 0 aliphatic carbocycles. The summed E-state index contributed by atoms with van der Waals surface area (Å²) in [7, 11) is -2.90. The molecule has 21 heavy (non-hydrogen) atoms. The van der Waals surface area contributed by atoms with E-state index in [1.165, 1.54) is 6.26 Å². The molecule has 1 fully saturated rings. The van der Waals surface area contributed by atoms with Gasteiger partial charge in [0.2, 0.25) is 0 Å². The Balaban J connectivity index is 1.83. The van der Waals surface area contributed by atoms with Crippen molar-refractivity contribution >= 4 is 15.7 Å². The largest absolute Gasteiger partial charge is 0.366 e. The van der Waals surface area contributed by atoms with Crippen molar-refractivity contribution in [3.8, 4) is 6.07 Å². The van der Waals surface area contributed by atoms with Crippen LogP contribution in [0.3, 0.4) is 0 Å². The summed E-state index contributed by atoms with van der Waals surface area (Å²) in [5.74, 6) is 0.846. The third-order valence-corrected chi connectivity index (χ3v) is 4.56. The Bertz CT molecular complexity index is 616. The van der Waals surface area contributed by atoms with Gasteiger partial charge in [0.25, 0.3) is 0 Å². The lowest BCUT2D eigenvalue weighted by molar-refractivity contribution is 0.230. The number of hydrogen-bond donors (Lipinski definition) is 1. The molecular weight excluding hydrogens is 288 g/mol. The average molecular weight is 308 g/mol. The van der Waals surface area contributed by atoms with Gasteiger partial charge in [0.1, 0.15) is 21.7 Å². The van der Waals surface area contributed by atoms with E-state index >= 15 is 0 Å². The van der Waals surface area contributed by atoms with Gasteiger partial charge in [0.15, 0.2) is 0 Å². The summed E-state index contributed by atoms with van der Waals surface area (Å²) in [6.07, 6.45) is 4.78. The van der Waals surface area contributed by atoms with Crippen LogP contribution >= 0.6 is 0 Å². The molecule has 0 unspecified atom stereocenters. The second-order valence-corrected chi connectivity index (χ2v) is 7.66. The number of nitrogens with zero attached hydrogens (tertiary/aromatic N) is 3. The summed E-state index contributed by atoms with van der Waals surface area (Å²) >= 11 is 0. The maximum Gasteiger partial charge on any atom is 0.148 e. The number of rotatable bonds is 5. The van der Waals surface area contributed by atoms with Gasteiger partial charge in [-0.25, -0.2) is 13.4 Å². The van der Waals surface area contributed by atoms with Gasteiger partial charge in [0, 0.05) is 38.1 Å². The summed E-state index contributed by atoms with van der Waals surface area (Å²) in [5, 5.41) is 12.4. The standard InChI is InChI=1S/C14H20N4O2S/c1-21(19,20)10-9-18-7-4-13(5-8-18)17-14-12(11-15)3-2-6-16-14/h2-3,6,13H,4-5,7-10H2,1H3,(H,16,17). The van der Waals surface area contributed by atoms with Crippen molar-refractivity contribution < 1.29 is 8.42 Å². The SMILES string of the molecule is CS(=O)(=O)CCN1CCC(Nc2ncccc2C#N)CC1. The number of aromatic nitrogens is 1. The van der Waals surface area contributed by atoms with E-state index in [1.54, 1.807) is 18.3 Å². The van der Waals surface area contributed by atoms with Crippen LogP contribution in [0.2, 0.25) is 0 Å². The van der Waals surface area contributed by atoms with E-state index in [9.17, 15) is 8.42 Å². The van der Waals surface area contributed by atoms with Crippen molar-refractivity contribution in [2.45, 2.75) is 18.9 Å². The van der Waals surface area contributed by atoms with E-state index in [0.29, 0.717) is 17.9 Å². The lowest BCUT2D eigenvalue weighted by Gasteiger charge is -2.32. The Kier molecular flexibility index (Phi) is 5.15. The number of hydrogen-bond acceptors (Lipinski definition) is 6. The second kappa shape index (κ2) is 6.87. The molecule has 0 saturated carbocycles. The third-order valence-electron chi connectivity index (χ3n) is 3.63. The first-order valence-corrected chi connectivity index (χ1v) is 9.06. The number of nitrogens with one attached hydrogen (secondary N) is 1. The Labute approximate surface area is 125 Å². The van der Waals surface area contributed by atoms with Crippen molar-refractivity contribution in [1.82, 2.24) is 9.88 Å². The molecule has 1 aromatic rings. The van der Waals surface area contributed by atoms with Crippen LogP contribution in [0.1, 0.15) is 18.4 Å². The molecule has 1 N–H and O–H groups in total. The van der Waals surface area contributed by atoms with E-state index in [2.05, 4.69) is 21.3 Å². The highest BCUT2D eigenvalue weighted by atomic mass is 32.2. The molecule has 0 spiro atoms. The van der Waals surface area contributed by atoms with Crippen LogP contribution in [0.25, 0.3) is 0 Å². The maximum atomic E-state index is 11.2. The minimum atomic E-state index is -2.90. The Hall–Kier alpha value is -1.65. The maximum absolute atomic E-state index is 11.2. The molecule has 1 aliphatic rings. The van der Waals surface area contributed by atoms with Gasteiger partial charge < -0.3 is 10.2 Å². The van der Waals surface area contributed by atoms with Gasteiger partial charge in [0.05, 0.1) is 11.3 Å². The molecule has 0 bridgehead atoms. The van der Waals surface area contributed by atoms with Crippen LogP contribution in [-0.2, 0) is 9.84 Å². The van der Waals surface area contributed by atoms with Gasteiger partial charge in [-0.1, -0.05) is 0 Å². The van der Waals surface area contributed by atoms with Crippen LogP contribution in [0.15, 0.2) is 18.3 Å². The predicted octanol–water partition coefficient (Wildman–Crippen LogP) is 0.874. The highest BCUT2D eigenvalue weighted by Crippen LogP contribution is 2.17. The fourth-order valence-corrected chi connectivity index (χ4v) is 2.99. The van der Waals surface area contributed by atoms with Gasteiger partial charge >= 0.3 is 0 Å².